The highest BCUT2D eigenvalue weighted by molar-refractivity contribution is 5.85. The van der Waals surface area contributed by atoms with Crippen LogP contribution in [-0.4, -0.2) is 25.5 Å². The van der Waals surface area contributed by atoms with Gasteiger partial charge in [0.25, 0.3) is 0 Å². The van der Waals surface area contributed by atoms with E-state index in [-0.39, 0.29) is 0 Å². The molecule has 1 atom stereocenters. The molecule has 1 fully saturated rings. The molecule has 1 aliphatic heterocycles. The number of nitrogens with zero attached hydrogens (tertiary/aromatic N) is 1. The van der Waals surface area contributed by atoms with Crippen LogP contribution in [0, 0.1) is 0 Å². The van der Waals surface area contributed by atoms with Crippen LogP contribution in [-0.2, 0) is 9.57 Å². The van der Waals surface area contributed by atoms with Gasteiger partial charge in [-0.25, -0.2) is 0 Å². The molecule has 0 aromatic heterocycles. The molecule has 0 aromatic carbocycles. The molecule has 0 radical (unpaired) electrons. The highest BCUT2D eigenvalue weighted by atomic mass is 16.6. The number of hydrogen-bond acceptors (Lipinski definition) is 3. The second-order valence-corrected chi connectivity index (χ2v) is 3.08. The molecule has 1 aliphatic rings. The van der Waals surface area contributed by atoms with Crippen molar-refractivity contribution in [2.24, 2.45) is 5.16 Å². The Balaban J connectivity index is 2.35. The molecule has 3 heteroatoms. The van der Waals surface area contributed by atoms with E-state index in [4.69, 9.17) is 9.57 Å². The SMILES string of the molecule is CCCC1C/C(=N/OC)CCO1. The molecule has 1 heterocycles. The minimum Gasteiger partial charge on any atom is -0.399 e. The summed E-state index contributed by atoms with van der Waals surface area (Å²) in [7, 11) is 1.59. The summed E-state index contributed by atoms with van der Waals surface area (Å²) in [6.07, 6.45) is 4.54. The van der Waals surface area contributed by atoms with Gasteiger partial charge in [-0.1, -0.05) is 18.5 Å². The Hall–Kier alpha value is -0.570. The first-order chi connectivity index (χ1) is 5.86. The van der Waals surface area contributed by atoms with E-state index >= 15 is 0 Å². The third kappa shape index (κ3) is 2.81. The van der Waals surface area contributed by atoms with Crippen molar-refractivity contribution in [1.82, 2.24) is 0 Å². The van der Waals surface area contributed by atoms with Crippen LogP contribution in [0.4, 0.5) is 0 Å². The number of oxime groups is 1. The summed E-state index contributed by atoms with van der Waals surface area (Å²) in [5.74, 6) is 0. The quantitative estimate of drug-likeness (QED) is 0.608. The molecule has 0 N–H and O–H groups in total. The molecule has 0 aromatic rings. The van der Waals surface area contributed by atoms with Crippen LogP contribution >= 0.6 is 0 Å². The normalized spacial score (nSPS) is 27.5. The molecule has 0 spiro atoms. The van der Waals surface area contributed by atoms with E-state index in [0.717, 1.165) is 31.6 Å². The van der Waals surface area contributed by atoms with Gasteiger partial charge >= 0.3 is 0 Å². The summed E-state index contributed by atoms with van der Waals surface area (Å²) in [5.41, 5.74) is 1.14. The predicted molar refractivity (Wildman–Crippen MR) is 48.3 cm³/mol. The van der Waals surface area contributed by atoms with E-state index in [0.29, 0.717) is 6.10 Å². The van der Waals surface area contributed by atoms with Gasteiger partial charge in [0, 0.05) is 12.8 Å². The van der Waals surface area contributed by atoms with Crippen molar-refractivity contribution >= 4 is 5.71 Å². The minimum atomic E-state index is 0.373. The topological polar surface area (TPSA) is 30.8 Å². The predicted octanol–water partition coefficient (Wildman–Crippen LogP) is 1.97. The van der Waals surface area contributed by atoms with Crippen molar-refractivity contribution in [3.05, 3.63) is 0 Å². The average molecular weight is 171 g/mol. The first-order valence-corrected chi connectivity index (χ1v) is 4.57. The van der Waals surface area contributed by atoms with Gasteiger partial charge < -0.3 is 9.57 Å². The van der Waals surface area contributed by atoms with Gasteiger partial charge in [-0.3, -0.25) is 0 Å². The Labute approximate surface area is 73.7 Å². The Kier molecular flexibility index (Phi) is 4.08. The number of ether oxygens (including phenoxy) is 1. The molecule has 0 amide bonds. The maximum Gasteiger partial charge on any atom is 0.106 e. The van der Waals surface area contributed by atoms with Crippen molar-refractivity contribution < 1.29 is 9.57 Å². The standard InChI is InChI=1S/C9H17NO2/c1-3-4-9-7-8(10-11-2)5-6-12-9/h9H,3-7H2,1-2H3/b10-8+. The summed E-state index contributed by atoms with van der Waals surface area (Å²) in [6, 6.07) is 0. The Morgan fingerprint density at radius 1 is 1.67 bits per heavy atom. The third-order valence-electron chi connectivity index (χ3n) is 2.04. The highest BCUT2D eigenvalue weighted by Crippen LogP contribution is 2.15. The van der Waals surface area contributed by atoms with Gasteiger partial charge in [-0.15, -0.1) is 0 Å². The second-order valence-electron chi connectivity index (χ2n) is 3.08. The lowest BCUT2D eigenvalue weighted by atomic mass is 10.0. The van der Waals surface area contributed by atoms with Crippen molar-refractivity contribution in [2.75, 3.05) is 13.7 Å². The summed E-state index contributed by atoms with van der Waals surface area (Å²) in [5, 5.41) is 3.95. The molecular formula is C9H17NO2. The summed E-state index contributed by atoms with van der Waals surface area (Å²) in [4.78, 5) is 4.74. The summed E-state index contributed by atoms with van der Waals surface area (Å²) < 4.78 is 5.56. The Bertz CT molecular complexity index is 155. The fourth-order valence-electron chi connectivity index (χ4n) is 1.49. The number of hydrogen-bond donors (Lipinski definition) is 0. The molecular weight excluding hydrogens is 154 g/mol. The molecule has 1 unspecified atom stereocenters. The van der Waals surface area contributed by atoms with E-state index in [1.165, 1.54) is 6.42 Å². The molecule has 1 rings (SSSR count). The van der Waals surface area contributed by atoms with E-state index in [2.05, 4.69) is 12.1 Å². The van der Waals surface area contributed by atoms with Crippen molar-refractivity contribution in [1.29, 1.82) is 0 Å². The van der Waals surface area contributed by atoms with Crippen molar-refractivity contribution in [2.45, 2.75) is 38.7 Å². The smallest absolute Gasteiger partial charge is 0.106 e. The monoisotopic (exact) mass is 171 g/mol. The second kappa shape index (κ2) is 5.14. The molecule has 1 saturated heterocycles. The molecule has 70 valence electrons. The number of rotatable bonds is 3. The fourth-order valence-corrected chi connectivity index (χ4v) is 1.49. The minimum absolute atomic E-state index is 0.373. The van der Waals surface area contributed by atoms with Crippen molar-refractivity contribution in [3.8, 4) is 0 Å². The van der Waals surface area contributed by atoms with Crippen LogP contribution in [0.2, 0.25) is 0 Å². The summed E-state index contributed by atoms with van der Waals surface area (Å²) >= 11 is 0. The summed E-state index contributed by atoms with van der Waals surface area (Å²) in [6.45, 7) is 2.97. The zero-order chi connectivity index (χ0) is 8.81. The van der Waals surface area contributed by atoms with Crippen LogP contribution in [0.15, 0.2) is 5.16 Å². The van der Waals surface area contributed by atoms with Crippen LogP contribution in [0.5, 0.6) is 0 Å². The van der Waals surface area contributed by atoms with Crippen LogP contribution < -0.4 is 0 Å². The largest absolute Gasteiger partial charge is 0.399 e. The van der Waals surface area contributed by atoms with Gasteiger partial charge in [0.15, 0.2) is 0 Å². The van der Waals surface area contributed by atoms with E-state index < -0.39 is 0 Å². The van der Waals surface area contributed by atoms with Gasteiger partial charge in [0.2, 0.25) is 0 Å². The molecule has 3 nitrogen and oxygen atoms in total. The zero-order valence-electron chi connectivity index (χ0n) is 7.88. The van der Waals surface area contributed by atoms with Crippen LogP contribution in [0.3, 0.4) is 0 Å². The highest BCUT2D eigenvalue weighted by Gasteiger charge is 2.17. The maximum atomic E-state index is 5.56. The fraction of sp³-hybridized carbons (Fsp3) is 0.889. The van der Waals surface area contributed by atoms with Crippen LogP contribution in [0.25, 0.3) is 0 Å². The Morgan fingerprint density at radius 2 is 2.50 bits per heavy atom. The Morgan fingerprint density at radius 3 is 3.17 bits per heavy atom. The van der Waals surface area contributed by atoms with Crippen LogP contribution in [0.1, 0.15) is 32.6 Å². The first-order valence-electron chi connectivity index (χ1n) is 4.57. The molecule has 0 saturated carbocycles. The molecule has 0 bridgehead atoms. The lowest BCUT2D eigenvalue weighted by Crippen LogP contribution is -2.25. The van der Waals surface area contributed by atoms with E-state index in [1.807, 2.05) is 0 Å². The third-order valence-corrected chi connectivity index (χ3v) is 2.04. The molecule has 0 aliphatic carbocycles. The first kappa shape index (κ1) is 9.52. The lowest BCUT2D eigenvalue weighted by molar-refractivity contribution is 0.0420. The van der Waals surface area contributed by atoms with Gasteiger partial charge in [-0.2, -0.15) is 0 Å². The van der Waals surface area contributed by atoms with Crippen molar-refractivity contribution in [3.63, 3.8) is 0 Å². The zero-order valence-corrected chi connectivity index (χ0v) is 7.88. The van der Waals surface area contributed by atoms with Gasteiger partial charge in [0.05, 0.1) is 18.4 Å². The van der Waals surface area contributed by atoms with Gasteiger partial charge in [0.1, 0.15) is 7.11 Å². The van der Waals surface area contributed by atoms with Gasteiger partial charge in [-0.05, 0) is 6.42 Å². The lowest BCUT2D eigenvalue weighted by Gasteiger charge is -2.22. The van der Waals surface area contributed by atoms with E-state index in [9.17, 15) is 0 Å². The average Bonchev–Trinajstić information content (AvgIpc) is 2.06. The van der Waals surface area contributed by atoms with E-state index in [1.54, 1.807) is 7.11 Å². The molecule has 12 heavy (non-hydrogen) atoms. The maximum absolute atomic E-state index is 5.56.